The summed E-state index contributed by atoms with van der Waals surface area (Å²) in [5, 5.41) is 18.5. The summed E-state index contributed by atoms with van der Waals surface area (Å²) in [7, 11) is 0. The molecule has 3 N–H and O–H groups in total. The number of pyridine rings is 2. The molecule has 3 rings (SSSR count). The van der Waals surface area contributed by atoms with E-state index >= 15 is 0 Å². The molecule has 6 nitrogen and oxygen atoms in total. The van der Waals surface area contributed by atoms with Crippen LogP contribution < -0.4 is 5.73 Å². The Morgan fingerprint density at radius 3 is 2.62 bits per heavy atom. The van der Waals surface area contributed by atoms with E-state index in [1.807, 2.05) is 31.2 Å². The van der Waals surface area contributed by atoms with Crippen LogP contribution in [0.3, 0.4) is 0 Å². The van der Waals surface area contributed by atoms with E-state index in [4.69, 9.17) is 11.1 Å². The summed E-state index contributed by atoms with van der Waals surface area (Å²) >= 11 is 0. The maximum atomic E-state index is 8.09. The molecule has 0 atom stereocenters. The number of hydrogen-bond acceptors (Lipinski definition) is 6. The molecule has 2 aromatic heterocycles. The van der Waals surface area contributed by atoms with Crippen molar-refractivity contribution in [1.29, 1.82) is 5.41 Å². The Balaban J connectivity index is 1.88. The lowest BCUT2D eigenvalue weighted by molar-refractivity contribution is 0.682. The number of aryl methyl sites for hydroxylation is 1. The van der Waals surface area contributed by atoms with Crippen LogP contribution in [0.25, 0.3) is 10.8 Å². The molecule has 0 aliphatic heterocycles. The molecular weight excluding hydrogens is 324 g/mol. The molecule has 0 amide bonds. The third-order valence-electron chi connectivity index (χ3n) is 4.01. The second-order valence-electron chi connectivity index (χ2n) is 6.76. The van der Waals surface area contributed by atoms with E-state index in [2.05, 4.69) is 34.0 Å². The normalized spacial score (nSPS) is 11.5. The summed E-state index contributed by atoms with van der Waals surface area (Å²) in [6, 6.07) is 9.64. The van der Waals surface area contributed by atoms with Crippen LogP contribution in [0.2, 0.25) is 0 Å². The molecular formula is C20H22N6. The van der Waals surface area contributed by atoms with Crippen LogP contribution in [0.15, 0.2) is 53.0 Å². The van der Waals surface area contributed by atoms with Gasteiger partial charge in [-0.1, -0.05) is 31.5 Å². The van der Waals surface area contributed by atoms with Gasteiger partial charge in [0.15, 0.2) is 11.6 Å². The first-order valence-electron chi connectivity index (χ1n) is 8.54. The SMILES string of the molecule is Cc1ccc2cnc(N)c(N=Nc3ccc(C(=N)CC(C)C)cn3)c2c1. The van der Waals surface area contributed by atoms with Crippen LogP contribution in [0.5, 0.6) is 0 Å². The summed E-state index contributed by atoms with van der Waals surface area (Å²) < 4.78 is 0. The number of aromatic nitrogens is 2. The van der Waals surface area contributed by atoms with E-state index in [-0.39, 0.29) is 0 Å². The quantitative estimate of drug-likeness (QED) is 0.481. The Labute approximate surface area is 152 Å². The van der Waals surface area contributed by atoms with Gasteiger partial charge in [0.2, 0.25) is 0 Å². The molecule has 0 aliphatic rings. The molecule has 0 saturated heterocycles. The molecule has 1 aromatic carbocycles. The van der Waals surface area contributed by atoms with E-state index < -0.39 is 0 Å². The third kappa shape index (κ3) is 3.91. The van der Waals surface area contributed by atoms with Crippen molar-refractivity contribution in [2.24, 2.45) is 16.1 Å². The van der Waals surface area contributed by atoms with Gasteiger partial charge in [-0.25, -0.2) is 9.97 Å². The van der Waals surface area contributed by atoms with Crippen LogP contribution in [0.1, 0.15) is 31.4 Å². The first kappa shape index (κ1) is 17.7. The molecule has 0 radical (unpaired) electrons. The highest BCUT2D eigenvalue weighted by molar-refractivity contribution is 5.98. The Kier molecular flexibility index (Phi) is 5.02. The number of nitrogen functional groups attached to an aromatic ring is 1. The number of azo groups is 1. The van der Waals surface area contributed by atoms with Gasteiger partial charge in [-0.05, 0) is 37.5 Å². The predicted octanol–water partition coefficient (Wildman–Crippen LogP) is 5.35. The highest BCUT2D eigenvalue weighted by atomic mass is 15.2. The fourth-order valence-corrected chi connectivity index (χ4v) is 2.68. The van der Waals surface area contributed by atoms with Gasteiger partial charge in [0.05, 0.1) is 0 Å². The monoisotopic (exact) mass is 346 g/mol. The average Bonchev–Trinajstić information content (AvgIpc) is 2.60. The van der Waals surface area contributed by atoms with Gasteiger partial charge < -0.3 is 11.1 Å². The van der Waals surface area contributed by atoms with Gasteiger partial charge in [0.1, 0.15) is 5.69 Å². The lowest BCUT2D eigenvalue weighted by atomic mass is 10.0. The maximum Gasteiger partial charge on any atom is 0.174 e. The van der Waals surface area contributed by atoms with Crippen LogP contribution in [-0.4, -0.2) is 15.7 Å². The van der Waals surface area contributed by atoms with Crippen LogP contribution in [-0.2, 0) is 0 Å². The first-order valence-corrected chi connectivity index (χ1v) is 8.54. The number of nitrogens with zero attached hydrogens (tertiary/aromatic N) is 4. The lowest BCUT2D eigenvalue weighted by Crippen LogP contribution is -2.03. The van der Waals surface area contributed by atoms with Gasteiger partial charge in [-0.15, -0.1) is 10.2 Å². The fraction of sp³-hybridized carbons (Fsp3) is 0.250. The molecule has 26 heavy (non-hydrogen) atoms. The molecule has 2 heterocycles. The molecule has 0 fully saturated rings. The standard InChI is InChI=1S/C20H22N6/c1-12(2)8-17(21)15-6-7-18(23-11-15)25-26-19-16-9-13(3)4-5-14(16)10-24-20(19)22/h4-7,9-12,21H,8H2,1-3H3,(H2,22,24). The molecule has 0 aliphatic carbocycles. The Hall–Kier alpha value is -3.15. The van der Waals surface area contributed by atoms with E-state index in [1.165, 1.54) is 0 Å². The van der Waals surface area contributed by atoms with Gasteiger partial charge in [-0.3, -0.25) is 0 Å². The maximum absolute atomic E-state index is 8.09. The summed E-state index contributed by atoms with van der Waals surface area (Å²) in [6.45, 7) is 6.20. The Morgan fingerprint density at radius 1 is 1.12 bits per heavy atom. The number of nitrogens with two attached hydrogens (primary N) is 1. The molecule has 3 aromatic rings. The van der Waals surface area contributed by atoms with Crippen LogP contribution >= 0.6 is 0 Å². The largest absolute Gasteiger partial charge is 0.382 e. The van der Waals surface area contributed by atoms with E-state index in [9.17, 15) is 0 Å². The number of anilines is 1. The predicted molar refractivity (Wildman–Crippen MR) is 106 cm³/mol. The molecule has 0 spiro atoms. The smallest absolute Gasteiger partial charge is 0.174 e. The molecule has 6 heteroatoms. The Bertz CT molecular complexity index is 968. The minimum absolute atomic E-state index is 0.335. The molecule has 0 unspecified atom stereocenters. The van der Waals surface area contributed by atoms with Gasteiger partial charge in [-0.2, -0.15) is 0 Å². The summed E-state index contributed by atoms with van der Waals surface area (Å²) in [4.78, 5) is 8.48. The summed E-state index contributed by atoms with van der Waals surface area (Å²) in [5.41, 5.74) is 9.04. The van der Waals surface area contributed by atoms with Crippen LogP contribution in [0.4, 0.5) is 17.3 Å². The third-order valence-corrected chi connectivity index (χ3v) is 4.01. The zero-order chi connectivity index (χ0) is 18.7. The first-order chi connectivity index (χ1) is 12.4. The number of nitrogens with one attached hydrogen (secondary N) is 1. The van der Waals surface area contributed by atoms with Crippen molar-refractivity contribution in [3.8, 4) is 0 Å². The van der Waals surface area contributed by atoms with Crippen molar-refractivity contribution < 1.29 is 0 Å². The fourth-order valence-electron chi connectivity index (χ4n) is 2.68. The van der Waals surface area contributed by atoms with Crippen molar-refractivity contribution in [2.75, 3.05) is 5.73 Å². The summed E-state index contributed by atoms with van der Waals surface area (Å²) in [5.74, 6) is 1.24. The van der Waals surface area contributed by atoms with E-state index in [0.717, 1.165) is 28.3 Å². The van der Waals surface area contributed by atoms with Crippen molar-refractivity contribution in [2.45, 2.75) is 27.2 Å². The highest BCUT2D eigenvalue weighted by Gasteiger charge is 2.08. The zero-order valence-corrected chi connectivity index (χ0v) is 15.2. The van der Waals surface area contributed by atoms with Gasteiger partial charge in [0.25, 0.3) is 0 Å². The number of rotatable bonds is 5. The second-order valence-corrected chi connectivity index (χ2v) is 6.76. The Morgan fingerprint density at radius 2 is 1.92 bits per heavy atom. The number of benzene rings is 1. The molecule has 0 bridgehead atoms. The highest BCUT2D eigenvalue weighted by Crippen LogP contribution is 2.32. The minimum atomic E-state index is 0.335. The van der Waals surface area contributed by atoms with Crippen molar-refractivity contribution in [3.63, 3.8) is 0 Å². The van der Waals surface area contributed by atoms with Gasteiger partial charge >= 0.3 is 0 Å². The zero-order valence-electron chi connectivity index (χ0n) is 15.2. The van der Waals surface area contributed by atoms with E-state index in [1.54, 1.807) is 18.5 Å². The molecule has 0 saturated carbocycles. The topological polar surface area (TPSA) is 100 Å². The number of hydrogen-bond donors (Lipinski definition) is 2. The van der Waals surface area contributed by atoms with Gasteiger partial charge in [0, 0.05) is 34.4 Å². The summed E-state index contributed by atoms with van der Waals surface area (Å²) in [6.07, 6.45) is 4.12. The average molecular weight is 346 g/mol. The number of fused-ring (bicyclic) bond motifs is 1. The van der Waals surface area contributed by atoms with Crippen LogP contribution in [0, 0.1) is 18.3 Å². The second kappa shape index (κ2) is 7.39. The van der Waals surface area contributed by atoms with Crippen molar-refractivity contribution >= 4 is 33.8 Å². The van der Waals surface area contributed by atoms with Crippen molar-refractivity contribution in [1.82, 2.24) is 9.97 Å². The van der Waals surface area contributed by atoms with Crippen molar-refractivity contribution in [3.05, 3.63) is 53.9 Å². The van der Waals surface area contributed by atoms with E-state index in [0.29, 0.717) is 29.0 Å². The lowest BCUT2D eigenvalue weighted by Gasteiger charge is -2.06. The molecule has 132 valence electrons. The minimum Gasteiger partial charge on any atom is -0.382 e.